The first-order valence-electron chi connectivity index (χ1n) is 9.95. The number of aromatic nitrogens is 1. The first-order valence-corrected chi connectivity index (χ1v) is 9.95. The van der Waals surface area contributed by atoms with Crippen LogP contribution >= 0.6 is 0 Å². The van der Waals surface area contributed by atoms with Crippen LogP contribution in [0.3, 0.4) is 0 Å². The van der Waals surface area contributed by atoms with Gasteiger partial charge in [-0.05, 0) is 49.6 Å². The van der Waals surface area contributed by atoms with Crippen molar-refractivity contribution < 1.29 is 9.53 Å². The van der Waals surface area contributed by atoms with Crippen molar-refractivity contribution in [1.82, 2.24) is 14.8 Å². The number of pyridine rings is 1. The van der Waals surface area contributed by atoms with Gasteiger partial charge in [0.25, 0.3) is 5.91 Å². The summed E-state index contributed by atoms with van der Waals surface area (Å²) < 4.78 is 5.78. The Morgan fingerprint density at radius 3 is 2.59 bits per heavy atom. The largest absolute Gasteiger partial charge is 0.489 e. The highest BCUT2D eigenvalue weighted by Crippen LogP contribution is 2.26. The molecule has 142 valence electrons. The van der Waals surface area contributed by atoms with Crippen LogP contribution in [0.15, 0.2) is 48.8 Å². The molecular weight excluding hydrogens is 338 g/mol. The first kappa shape index (κ1) is 18.0. The minimum Gasteiger partial charge on any atom is -0.489 e. The van der Waals surface area contributed by atoms with Gasteiger partial charge in [0, 0.05) is 55.7 Å². The second kappa shape index (κ2) is 8.53. The summed E-state index contributed by atoms with van der Waals surface area (Å²) in [5, 5.41) is 0. The fraction of sp³-hybridized carbons (Fsp3) is 0.455. The summed E-state index contributed by atoms with van der Waals surface area (Å²) in [5.74, 6) is 0.895. The Bertz CT molecular complexity index is 744. The van der Waals surface area contributed by atoms with Crippen LogP contribution in [0.1, 0.15) is 41.6 Å². The molecule has 1 aromatic heterocycles. The summed E-state index contributed by atoms with van der Waals surface area (Å²) in [6.07, 6.45) is 8.62. The van der Waals surface area contributed by atoms with Gasteiger partial charge >= 0.3 is 0 Å². The van der Waals surface area contributed by atoms with Crippen molar-refractivity contribution in [2.24, 2.45) is 0 Å². The molecule has 1 aliphatic heterocycles. The highest BCUT2D eigenvalue weighted by atomic mass is 16.5. The normalized spacial score (nSPS) is 18.6. The smallest absolute Gasteiger partial charge is 0.253 e. The zero-order chi connectivity index (χ0) is 18.5. The van der Waals surface area contributed by atoms with Gasteiger partial charge in [-0.3, -0.25) is 14.7 Å². The van der Waals surface area contributed by atoms with Gasteiger partial charge in [0.15, 0.2) is 0 Å². The van der Waals surface area contributed by atoms with Crippen LogP contribution in [0.2, 0.25) is 0 Å². The monoisotopic (exact) mass is 365 g/mol. The molecule has 1 saturated carbocycles. The molecule has 0 bridgehead atoms. The molecule has 0 spiro atoms. The summed E-state index contributed by atoms with van der Waals surface area (Å²) in [7, 11) is 0. The topological polar surface area (TPSA) is 45.7 Å². The van der Waals surface area contributed by atoms with E-state index in [2.05, 4.69) is 9.88 Å². The fourth-order valence-corrected chi connectivity index (χ4v) is 3.78. The Balaban J connectivity index is 1.32. The van der Waals surface area contributed by atoms with E-state index in [9.17, 15) is 4.79 Å². The molecule has 2 aromatic rings. The van der Waals surface area contributed by atoms with Crippen LogP contribution < -0.4 is 4.74 Å². The number of carbonyl (C=O) groups excluding carboxylic acids is 1. The number of benzene rings is 1. The molecule has 1 amide bonds. The predicted molar refractivity (Wildman–Crippen MR) is 105 cm³/mol. The average molecular weight is 365 g/mol. The van der Waals surface area contributed by atoms with Crippen LogP contribution in [0.25, 0.3) is 0 Å². The van der Waals surface area contributed by atoms with E-state index in [1.54, 1.807) is 12.4 Å². The highest BCUT2D eigenvalue weighted by Gasteiger charge is 2.27. The summed E-state index contributed by atoms with van der Waals surface area (Å²) in [5.41, 5.74) is 1.76. The zero-order valence-corrected chi connectivity index (χ0v) is 15.7. The number of hydrogen-bond donors (Lipinski definition) is 0. The van der Waals surface area contributed by atoms with Crippen LogP contribution in [-0.4, -0.2) is 52.9 Å². The first-order chi connectivity index (χ1) is 13.3. The molecule has 1 aliphatic carbocycles. The molecule has 2 aliphatic rings. The SMILES string of the molecule is O=C(c1ccc(OCc2cccnc2)cc1)N1CCCN(C2CCC2)CC1. The third kappa shape index (κ3) is 4.48. The van der Waals surface area contributed by atoms with Gasteiger partial charge in [-0.15, -0.1) is 0 Å². The Labute approximate surface area is 161 Å². The lowest BCUT2D eigenvalue weighted by Gasteiger charge is -2.36. The van der Waals surface area contributed by atoms with E-state index in [0.29, 0.717) is 6.61 Å². The number of carbonyl (C=O) groups is 1. The van der Waals surface area contributed by atoms with Crippen molar-refractivity contribution in [1.29, 1.82) is 0 Å². The summed E-state index contributed by atoms with van der Waals surface area (Å²) >= 11 is 0. The van der Waals surface area contributed by atoms with Gasteiger partial charge in [0.1, 0.15) is 12.4 Å². The summed E-state index contributed by atoms with van der Waals surface area (Å²) in [4.78, 5) is 21.5. The molecule has 4 rings (SSSR count). The van der Waals surface area contributed by atoms with Gasteiger partial charge < -0.3 is 9.64 Å². The van der Waals surface area contributed by atoms with Gasteiger partial charge in [0.2, 0.25) is 0 Å². The van der Waals surface area contributed by atoms with E-state index in [1.807, 2.05) is 41.3 Å². The van der Waals surface area contributed by atoms with Crippen LogP contribution in [0.4, 0.5) is 0 Å². The zero-order valence-electron chi connectivity index (χ0n) is 15.7. The number of hydrogen-bond acceptors (Lipinski definition) is 4. The summed E-state index contributed by atoms with van der Waals surface area (Å²) in [6.45, 7) is 4.28. The Morgan fingerprint density at radius 2 is 1.89 bits per heavy atom. The highest BCUT2D eigenvalue weighted by molar-refractivity contribution is 5.94. The number of rotatable bonds is 5. The van der Waals surface area contributed by atoms with Gasteiger partial charge in [-0.2, -0.15) is 0 Å². The minimum atomic E-state index is 0.129. The second-order valence-corrected chi connectivity index (χ2v) is 7.44. The van der Waals surface area contributed by atoms with Crippen molar-refractivity contribution in [3.63, 3.8) is 0 Å². The molecule has 27 heavy (non-hydrogen) atoms. The van der Waals surface area contributed by atoms with E-state index in [0.717, 1.165) is 55.5 Å². The van der Waals surface area contributed by atoms with Crippen molar-refractivity contribution in [3.8, 4) is 5.75 Å². The lowest BCUT2D eigenvalue weighted by Crippen LogP contribution is -2.42. The molecule has 5 nitrogen and oxygen atoms in total. The molecule has 0 N–H and O–H groups in total. The average Bonchev–Trinajstić information content (AvgIpc) is 2.92. The number of ether oxygens (including phenoxy) is 1. The molecule has 2 fully saturated rings. The molecule has 0 unspecified atom stereocenters. The van der Waals surface area contributed by atoms with Gasteiger partial charge in [-0.25, -0.2) is 0 Å². The Kier molecular flexibility index (Phi) is 5.68. The predicted octanol–water partition coefficient (Wildman–Crippen LogP) is 3.36. The Morgan fingerprint density at radius 1 is 1.04 bits per heavy atom. The molecule has 5 heteroatoms. The Hall–Kier alpha value is -2.40. The van der Waals surface area contributed by atoms with E-state index < -0.39 is 0 Å². The molecule has 1 saturated heterocycles. The van der Waals surface area contributed by atoms with E-state index in [4.69, 9.17) is 4.74 Å². The second-order valence-electron chi connectivity index (χ2n) is 7.44. The van der Waals surface area contributed by atoms with Crippen molar-refractivity contribution in [2.75, 3.05) is 26.2 Å². The van der Waals surface area contributed by atoms with Crippen LogP contribution in [0, 0.1) is 0 Å². The molecule has 0 atom stereocenters. The molecule has 1 aromatic carbocycles. The van der Waals surface area contributed by atoms with E-state index >= 15 is 0 Å². The maximum atomic E-state index is 12.9. The van der Waals surface area contributed by atoms with Crippen molar-refractivity contribution in [2.45, 2.75) is 38.3 Å². The number of amides is 1. The summed E-state index contributed by atoms with van der Waals surface area (Å²) in [6, 6.07) is 12.1. The van der Waals surface area contributed by atoms with Crippen LogP contribution in [0.5, 0.6) is 5.75 Å². The minimum absolute atomic E-state index is 0.129. The lowest BCUT2D eigenvalue weighted by atomic mass is 9.91. The molecule has 0 radical (unpaired) electrons. The molecule has 2 heterocycles. The number of nitrogens with zero attached hydrogens (tertiary/aromatic N) is 3. The van der Waals surface area contributed by atoms with Gasteiger partial charge in [0.05, 0.1) is 0 Å². The van der Waals surface area contributed by atoms with Crippen molar-refractivity contribution >= 4 is 5.91 Å². The van der Waals surface area contributed by atoms with Crippen molar-refractivity contribution in [3.05, 3.63) is 59.9 Å². The maximum absolute atomic E-state index is 12.9. The quantitative estimate of drug-likeness (QED) is 0.815. The third-order valence-electron chi connectivity index (χ3n) is 5.64. The van der Waals surface area contributed by atoms with Crippen LogP contribution in [-0.2, 0) is 6.61 Å². The van der Waals surface area contributed by atoms with Gasteiger partial charge in [-0.1, -0.05) is 12.5 Å². The standard InChI is InChI=1S/C22H27N3O2/c26-22(25-13-3-12-24(14-15-25)20-5-1-6-20)19-7-9-21(10-8-19)27-17-18-4-2-11-23-16-18/h2,4,7-11,16,20H,1,3,5-6,12-15,17H2. The third-order valence-corrected chi connectivity index (χ3v) is 5.64. The van der Waals surface area contributed by atoms with E-state index in [1.165, 1.54) is 19.3 Å². The fourth-order valence-electron chi connectivity index (χ4n) is 3.78. The lowest BCUT2D eigenvalue weighted by molar-refractivity contribution is 0.0749. The maximum Gasteiger partial charge on any atom is 0.253 e. The van der Waals surface area contributed by atoms with E-state index in [-0.39, 0.29) is 5.91 Å². The molecular formula is C22H27N3O2.